The molecule has 0 aliphatic carbocycles. The van der Waals surface area contributed by atoms with E-state index >= 15 is 0 Å². The summed E-state index contributed by atoms with van der Waals surface area (Å²) >= 11 is 6.45. The van der Waals surface area contributed by atoms with Crippen molar-refractivity contribution in [2.75, 3.05) is 6.61 Å². The number of nitro groups is 1. The number of aromatic carboxylic acids is 1. The standard InChI is InChI=1S/C25H19ClN2O6/c1-2-33-23-13-17(10-20(14-27)18-6-8-19(9-7-18)25(29)30)12-22(26)24(23)34-15-16-4-3-5-21(11-16)28(31)32/h3-13H,2,15H2,1H3,(H,29,30)/p-1/b20-10-. The molecule has 3 aromatic rings. The van der Waals surface area contributed by atoms with Crippen LogP contribution in [0.25, 0.3) is 11.6 Å². The van der Waals surface area contributed by atoms with Crippen LogP contribution in [0.3, 0.4) is 0 Å². The molecule has 0 spiro atoms. The molecule has 34 heavy (non-hydrogen) atoms. The van der Waals surface area contributed by atoms with E-state index in [1.807, 2.05) is 0 Å². The second kappa shape index (κ2) is 11.0. The molecule has 0 unspecified atom stereocenters. The summed E-state index contributed by atoms with van der Waals surface area (Å²) in [6.45, 7) is 2.15. The van der Waals surface area contributed by atoms with Gasteiger partial charge in [-0.1, -0.05) is 48.0 Å². The molecule has 0 aliphatic rings. The third-order valence-electron chi connectivity index (χ3n) is 4.70. The lowest BCUT2D eigenvalue weighted by Crippen LogP contribution is -2.21. The summed E-state index contributed by atoms with van der Waals surface area (Å²) in [5.74, 6) is -0.692. The van der Waals surface area contributed by atoms with Crippen molar-refractivity contribution >= 4 is 34.9 Å². The Kier molecular flexibility index (Phi) is 7.85. The Labute approximate surface area is 200 Å². The highest BCUT2D eigenvalue weighted by atomic mass is 35.5. The van der Waals surface area contributed by atoms with Gasteiger partial charge in [0.05, 0.1) is 34.2 Å². The summed E-state index contributed by atoms with van der Waals surface area (Å²) in [5, 5.41) is 31.8. The summed E-state index contributed by atoms with van der Waals surface area (Å²) in [5.41, 5.74) is 1.92. The Morgan fingerprint density at radius 3 is 2.44 bits per heavy atom. The maximum atomic E-state index is 11.0. The molecule has 0 saturated heterocycles. The normalized spacial score (nSPS) is 10.9. The van der Waals surface area contributed by atoms with Crippen LogP contribution >= 0.6 is 11.6 Å². The van der Waals surface area contributed by atoms with Gasteiger partial charge in [0.15, 0.2) is 11.5 Å². The quantitative estimate of drug-likeness (QED) is 0.190. The van der Waals surface area contributed by atoms with Crippen LogP contribution in [-0.2, 0) is 6.61 Å². The first-order valence-corrected chi connectivity index (χ1v) is 10.5. The van der Waals surface area contributed by atoms with Gasteiger partial charge in [0, 0.05) is 12.1 Å². The second-order valence-electron chi connectivity index (χ2n) is 7.01. The highest BCUT2D eigenvalue weighted by Gasteiger charge is 2.14. The first-order valence-electron chi connectivity index (χ1n) is 10.1. The summed E-state index contributed by atoms with van der Waals surface area (Å²) in [4.78, 5) is 21.4. The number of halogens is 1. The zero-order valence-corrected chi connectivity index (χ0v) is 18.7. The maximum Gasteiger partial charge on any atom is 0.269 e. The Balaban J connectivity index is 1.90. The first kappa shape index (κ1) is 24.3. The summed E-state index contributed by atoms with van der Waals surface area (Å²) in [6.07, 6.45) is 1.59. The van der Waals surface area contributed by atoms with E-state index in [4.69, 9.17) is 21.1 Å². The molecular weight excluding hydrogens is 460 g/mol. The van der Waals surface area contributed by atoms with Gasteiger partial charge in [-0.2, -0.15) is 5.26 Å². The second-order valence-corrected chi connectivity index (χ2v) is 7.42. The average molecular weight is 478 g/mol. The minimum atomic E-state index is -1.30. The number of nitrogens with zero attached hydrogens (tertiary/aromatic N) is 2. The van der Waals surface area contributed by atoms with Crippen molar-refractivity contribution < 1.29 is 24.3 Å². The summed E-state index contributed by atoms with van der Waals surface area (Å²) in [6, 6.07) is 17.2. The highest BCUT2D eigenvalue weighted by Crippen LogP contribution is 2.38. The number of non-ortho nitro benzene ring substituents is 1. The third-order valence-corrected chi connectivity index (χ3v) is 4.98. The van der Waals surface area contributed by atoms with Crippen LogP contribution in [0.5, 0.6) is 11.5 Å². The van der Waals surface area contributed by atoms with Gasteiger partial charge in [-0.3, -0.25) is 10.1 Å². The molecule has 3 rings (SSSR count). The maximum absolute atomic E-state index is 11.0. The molecule has 3 aromatic carbocycles. The molecule has 172 valence electrons. The highest BCUT2D eigenvalue weighted by molar-refractivity contribution is 6.32. The molecule has 0 fully saturated rings. The molecule has 0 atom stereocenters. The lowest BCUT2D eigenvalue weighted by Gasteiger charge is -2.15. The minimum absolute atomic E-state index is 0.00738. The number of allylic oxidation sites excluding steroid dienone is 1. The topological polar surface area (TPSA) is 126 Å². The van der Waals surface area contributed by atoms with E-state index in [9.17, 15) is 25.3 Å². The number of nitriles is 1. The lowest BCUT2D eigenvalue weighted by molar-refractivity contribution is -0.384. The van der Waals surface area contributed by atoms with Gasteiger partial charge in [0.25, 0.3) is 5.69 Å². The van der Waals surface area contributed by atoms with Crippen LogP contribution in [0.4, 0.5) is 5.69 Å². The van der Waals surface area contributed by atoms with E-state index in [2.05, 4.69) is 6.07 Å². The van der Waals surface area contributed by atoms with Crippen molar-refractivity contribution in [1.82, 2.24) is 0 Å². The van der Waals surface area contributed by atoms with Crippen molar-refractivity contribution in [2.24, 2.45) is 0 Å². The van der Waals surface area contributed by atoms with E-state index in [1.165, 1.54) is 36.4 Å². The SMILES string of the molecule is CCOc1cc(/C=C(/C#N)c2ccc(C(=O)[O-])cc2)cc(Cl)c1OCc1cccc([N+](=O)[O-])c1. The van der Waals surface area contributed by atoms with Gasteiger partial charge in [-0.25, -0.2) is 0 Å². The molecule has 0 aliphatic heterocycles. The first-order chi connectivity index (χ1) is 16.3. The van der Waals surface area contributed by atoms with Gasteiger partial charge in [0.2, 0.25) is 0 Å². The van der Waals surface area contributed by atoms with Crippen LogP contribution in [-0.4, -0.2) is 17.5 Å². The Hall–Kier alpha value is -4.35. The number of benzene rings is 3. The number of carbonyl (C=O) groups excluding carboxylic acids is 1. The fourth-order valence-electron chi connectivity index (χ4n) is 3.12. The fourth-order valence-corrected chi connectivity index (χ4v) is 3.40. The van der Waals surface area contributed by atoms with Crippen LogP contribution in [0.1, 0.15) is 34.0 Å². The predicted molar refractivity (Wildman–Crippen MR) is 124 cm³/mol. The summed E-state index contributed by atoms with van der Waals surface area (Å²) < 4.78 is 11.5. The molecule has 0 radical (unpaired) electrons. The van der Waals surface area contributed by atoms with Gasteiger partial charge in [0.1, 0.15) is 6.61 Å². The van der Waals surface area contributed by atoms with Crippen LogP contribution in [0.2, 0.25) is 5.02 Å². The molecular formula is C25H18ClN2O6-. The van der Waals surface area contributed by atoms with E-state index in [0.717, 1.165) is 0 Å². The van der Waals surface area contributed by atoms with E-state index in [0.29, 0.717) is 29.0 Å². The van der Waals surface area contributed by atoms with E-state index < -0.39 is 10.9 Å². The van der Waals surface area contributed by atoms with Gasteiger partial charge >= 0.3 is 0 Å². The minimum Gasteiger partial charge on any atom is -0.545 e. The molecule has 0 aromatic heterocycles. The number of ether oxygens (including phenoxy) is 2. The number of carbonyl (C=O) groups is 1. The number of hydrogen-bond donors (Lipinski definition) is 0. The number of rotatable bonds is 9. The molecule has 0 saturated carbocycles. The largest absolute Gasteiger partial charge is 0.545 e. The smallest absolute Gasteiger partial charge is 0.269 e. The van der Waals surface area contributed by atoms with Crippen LogP contribution < -0.4 is 14.6 Å². The zero-order valence-electron chi connectivity index (χ0n) is 18.0. The van der Waals surface area contributed by atoms with E-state index in [-0.39, 0.29) is 34.2 Å². The van der Waals surface area contributed by atoms with Crippen LogP contribution in [0.15, 0.2) is 60.7 Å². The molecule has 8 nitrogen and oxygen atoms in total. The zero-order chi connectivity index (χ0) is 24.7. The third kappa shape index (κ3) is 5.91. The van der Waals surface area contributed by atoms with Gasteiger partial charge < -0.3 is 19.4 Å². The lowest BCUT2D eigenvalue weighted by atomic mass is 10.0. The number of nitro benzene ring substituents is 1. The molecule has 0 N–H and O–H groups in total. The molecule has 0 bridgehead atoms. The van der Waals surface area contributed by atoms with Gasteiger partial charge in [-0.15, -0.1) is 0 Å². The number of carboxylic acid groups (broad SMARTS) is 1. The number of carboxylic acids is 1. The fraction of sp³-hybridized carbons (Fsp3) is 0.120. The Bertz CT molecular complexity index is 1300. The van der Waals surface area contributed by atoms with Crippen molar-refractivity contribution in [3.05, 3.63) is 98.1 Å². The molecule has 0 heterocycles. The van der Waals surface area contributed by atoms with Crippen molar-refractivity contribution in [2.45, 2.75) is 13.5 Å². The Morgan fingerprint density at radius 2 is 1.82 bits per heavy atom. The molecule has 9 heteroatoms. The Morgan fingerprint density at radius 1 is 1.12 bits per heavy atom. The summed E-state index contributed by atoms with van der Waals surface area (Å²) in [7, 11) is 0. The van der Waals surface area contributed by atoms with Crippen molar-refractivity contribution in [1.29, 1.82) is 5.26 Å². The predicted octanol–water partition coefficient (Wildman–Crippen LogP) is 4.65. The van der Waals surface area contributed by atoms with Crippen molar-refractivity contribution in [3.63, 3.8) is 0 Å². The average Bonchev–Trinajstić information content (AvgIpc) is 2.82. The molecule has 0 amide bonds. The number of hydrogen-bond acceptors (Lipinski definition) is 7. The van der Waals surface area contributed by atoms with Crippen molar-refractivity contribution in [3.8, 4) is 17.6 Å². The van der Waals surface area contributed by atoms with E-state index in [1.54, 1.807) is 37.3 Å². The van der Waals surface area contributed by atoms with Gasteiger partial charge in [-0.05, 0) is 47.4 Å². The van der Waals surface area contributed by atoms with Crippen LogP contribution in [0, 0.1) is 21.4 Å². The monoisotopic (exact) mass is 477 g/mol.